The monoisotopic (exact) mass is 338 g/mol. The molecule has 0 unspecified atom stereocenters. The molecule has 4 aliphatic carbocycles. The molecular weight excluding hydrogens is 324 g/mol. The van der Waals surface area contributed by atoms with Gasteiger partial charge in [0.25, 0.3) is 11.6 Å². The number of carbonyl (C=O) groups is 3. The summed E-state index contributed by atoms with van der Waals surface area (Å²) in [6, 6.07) is 5.14. The van der Waals surface area contributed by atoms with Crippen molar-refractivity contribution >= 4 is 23.4 Å². The van der Waals surface area contributed by atoms with Crippen molar-refractivity contribution in [3.8, 4) is 0 Å². The molecule has 2 bridgehead atoms. The molecule has 0 spiro atoms. The zero-order valence-corrected chi connectivity index (χ0v) is 13.1. The highest BCUT2D eigenvalue weighted by Crippen LogP contribution is 2.65. The van der Waals surface area contributed by atoms with Gasteiger partial charge in [-0.2, -0.15) is 0 Å². The van der Waals surface area contributed by atoms with Gasteiger partial charge in [-0.1, -0.05) is 18.2 Å². The van der Waals surface area contributed by atoms with E-state index in [0.29, 0.717) is 11.8 Å². The van der Waals surface area contributed by atoms with E-state index in [4.69, 9.17) is 0 Å². The summed E-state index contributed by atoms with van der Waals surface area (Å²) in [5.74, 6) is -1.56. The van der Waals surface area contributed by atoms with E-state index in [2.05, 4.69) is 0 Å². The van der Waals surface area contributed by atoms with Crippen LogP contribution in [-0.2, 0) is 9.59 Å². The molecule has 2 saturated carbocycles. The second-order valence-electron chi connectivity index (χ2n) is 7.28. The van der Waals surface area contributed by atoms with Crippen LogP contribution in [0.15, 0.2) is 36.4 Å². The lowest BCUT2D eigenvalue weighted by Crippen LogP contribution is -2.40. The topological polar surface area (TPSA) is 97.6 Å². The number of nitro benzene ring substituents is 1. The quantitative estimate of drug-likeness (QED) is 0.354. The molecule has 0 aromatic heterocycles. The summed E-state index contributed by atoms with van der Waals surface area (Å²) in [4.78, 5) is 49.5. The lowest BCUT2D eigenvalue weighted by molar-refractivity contribution is -0.384. The van der Waals surface area contributed by atoms with Gasteiger partial charge in [0.15, 0.2) is 0 Å². The fraction of sp³-hybridized carbons (Fsp3) is 0.389. The number of rotatable bonds is 2. The summed E-state index contributed by atoms with van der Waals surface area (Å²) >= 11 is 0. The molecule has 1 aromatic rings. The number of amides is 3. The molecule has 0 N–H and O–H groups in total. The number of imide groups is 3. The molecule has 6 atom stereocenters. The van der Waals surface area contributed by atoms with E-state index in [1.165, 1.54) is 18.2 Å². The van der Waals surface area contributed by atoms with Crippen molar-refractivity contribution in [1.82, 2.24) is 4.90 Å². The van der Waals surface area contributed by atoms with Crippen LogP contribution >= 0.6 is 0 Å². The number of nitrogens with zero attached hydrogens (tertiary/aromatic N) is 2. The third-order valence-corrected chi connectivity index (χ3v) is 6.17. The van der Waals surface area contributed by atoms with Crippen LogP contribution in [0.25, 0.3) is 0 Å². The fourth-order valence-corrected chi connectivity index (χ4v) is 5.04. The Bertz CT molecular complexity index is 855. The minimum absolute atomic E-state index is 0.0139. The molecule has 5 aliphatic rings. The van der Waals surface area contributed by atoms with Gasteiger partial charge in [-0.05, 0) is 36.2 Å². The molecule has 7 heteroatoms. The standard InChI is InChI=1S/C18H14N2O5/c21-16(8-2-1-3-9(6-8)20(24)25)19-17(22)14-10-4-5-11(13-7-12(10)13)15(14)18(19)23/h1-6,10-15H,7H2/t10-,11-,12-,13-,14+,15+/m0/s1. The third kappa shape index (κ3) is 1.78. The Morgan fingerprint density at radius 1 is 1.08 bits per heavy atom. The molecule has 1 saturated heterocycles. The summed E-state index contributed by atoms with van der Waals surface area (Å²) < 4.78 is 0. The van der Waals surface area contributed by atoms with Crippen molar-refractivity contribution in [1.29, 1.82) is 0 Å². The lowest BCUT2D eigenvalue weighted by Gasteiger charge is -2.37. The van der Waals surface area contributed by atoms with Gasteiger partial charge in [0.05, 0.1) is 16.8 Å². The maximum absolute atomic E-state index is 12.9. The molecule has 126 valence electrons. The molecule has 25 heavy (non-hydrogen) atoms. The number of allylic oxidation sites excluding steroid dienone is 2. The molecule has 6 rings (SSSR count). The second kappa shape index (κ2) is 4.62. The Morgan fingerprint density at radius 2 is 1.68 bits per heavy atom. The average molecular weight is 338 g/mol. The normalized spacial score (nSPS) is 37.0. The van der Waals surface area contributed by atoms with Crippen LogP contribution in [0, 0.1) is 45.6 Å². The van der Waals surface area contributed by atoms with Gasteiger partial charge in [0, 0.05) is 17.7 Å². The van der Waals surface area contributed by atoms with Gasteiger partial charge in [-0.15, -0.1) is 0 Å². The fourth-order valence-electron chi connectivity index (χ4n) is 5.04. The number of hydrogen-bond acceptors (Lipinski definition) is 5. The zero-order chi connectivity index (χ0) is 17.5. The van der Waals surface area contributed by atoms with Crippen molar-refractivity contribution in [2.45, 2.75) is 6.42 Å². The SMILES string of the molecule is O=C(c1cccc([N+](=O)[O-])c1)N1C(=O)[C@@H]2[C@H]3C=C[C@@H]([C@@H]4C[C@@H]34)[C@H]2C1=O. The highest BCUT2D eigenvalue weighted by atomic mass is 16.6. The maximum Gasteiger partial charge on any atom is 0.270 e. The first-order valence-electron chi connectivity index (χ1n) is 8.34. The highest BCUT2D eigenvalue weighted by molar-refractivity contribution is 6.21. The first-order valence-corrected chi connectivity index (χ1v) is 8.34. The number of carbonyl (C=O) groups excluding carboxylic acids is 3. The third-order valence-electron chi connectivity index (χ3n) is 6.17. The second-order valence-corrected chi connectivity index (χ2v) is 7.28. The molecule has 1 heterocycles. The van der Waals surface area contributed by atoms with E-state index in [1.54, 1.807) is 0 Å². The van der Waals surface area contributed by atoms with Crippen molar-refractivity contribution in [2.75, 3.05) is 0 Å². The molecule has 1 aromatic carbocycles. The van der Waals surface area contributed by atoms with Crippen LogP contribution in [0.2, 0.25) is 0 Å². The average Bonchev–Trinajstić information content (AvgIpc) is 3.39. The number of likely N-dealkylation sites (tertiary alicyclic amines) is 1. The van der Waals surface area contributed by atoms with Gasteiger partial charge < -0.3 is 0 Å². The molecule has 3 fully saturated rings. The van der Waals surface area contributed by atoms with E-state index < -0.39 is 34.5 Å². The Hall–Kier alpha value is -2.83. The predicted molar refractivity (Wildman–Crippen MR) is 84.0 cm³/mol. The first kappa shape index (κ1) is 14.5. The van der Waals surface area contributed by atoms with E-state index in [-0.39, 0.29) is 23.1 Å². The lowest BCUT2D eigenvalue weighted by atomic mass is 9.63. The van der Waals surface area contributed by atoms with Crippen molar-refractivity contribution < 1.29 is 19.3 Å². The minimum Gasteiger partial charge on any atom is -0.274 e. The van der Waals surface area contributed by atoms with Crippen molar-refractivity contribution in [2.24, 2.45) is 35.5 Å². The van der Waals surface area contributed by atoms with Gasteiger partial charge in [0.2, 0.25) is 11.8 Å². The first-order chi connectivity index (χ1) is 12.0. The van der Waals surface area contributed by atoms with E-state index in [9.17, 15) is 24.5 Å². The van der Waals surface area contributed by atoms with E-state index in [0.717, 1.165) is 17.4 Å². The van der Waals surface area contributed by atoms with Gasteiger partial charge in [0.1, 0.15) is 0 Å². The van der Waals surface area contributed by atoms with E-state index >= 15 is 0 Å². The van der Waals surface area contributed by atoms with Crippen LogP contribution in [0.1, 0.15) is 16.8 Å². The summed E-state index contributed by atoms with van der Waals surface area (Å²) in [7, 11) is 0. The van der Waals surface area contributed by atoms with Crippen molar-refractivity contribution in [3.05, 3.63) is 52.1 Å². The predicted octanol–water partition coefficient (Wildman–Crippen LogP) is 1.79. The molecular formula is C18H14N2O5. The molecule has 7 nitrogen and oxygen atoms in total. The summed E-state index contributed by atoms with van der Waals surface area (Å²) in [5.41, 5.74) is -0.259. The van der Waals surface area contributed by atoms with Gasteiger partial charge in [-0.25, -0.2) is 4.90 Å². The number of nitro groups is 1. The summed E-state index contributed by atoms with van der Waals surface area (Å²) in [5, 5.41) is 10.9. The number of non-ortho nitro benzene ring substituents is 1. The Morgan fingerprint density at radius 3 is 2.24 bits per heavy atom. The minimum atomic E-state index is -0.763. The Labute approximate surface area is 142 Å². The molecule has 1 aliphatic heterocycles. The smallest absolute Gasteiger partial charge is 0.270 e. The van der Waals surface area contributed by atoms with Crippen LogP contribution in [-0.4, -0.2) is 27.5 Å². The van der Waals surface area contributed by atoms with Gasteiger partial charge >= 0.3 is 0 Å². The summed E-state index contributed by atoms with van der Waals surface area (Å²) in [6.45, 7) is 0. The van der Waals surface area contributed by atoms with Crippen LogP contribution in [0.5, 0.6) is 0 Å². The van der Waals surface area contributed by atoms with Crippen LogP contribution in [0.4, 0.5) is 5.69 Å². The Balaban J connectivity index is 1.51. The van der Waals surface area contributed by atoms with Crippen molar-refractivity contribution in [3.63, 3.8) is 0 Å². The Kier molecular flexibility index (Phi) is 2.68. The molecule has 3 amide bonds. The summed E-state index contributed by atoms with van der Waals surface area (Å²) in [6.07, 6.45) is 5.12. The van der Waals surface area contributed by atoms with Gasteiger partial charge in [-0.3, -0.25) is 24.5 Å². The maximum atomic E-state index is 12.9. The number of benzene rings is 1. The molecule has 0 radical (unpaired) electrons. The highest BCUT2D eigenvalue weighted by Gasteiger charge is 2.67. The van der Waals surface area contributed by atoms with E-state index in [1.807, 2.05) is 12.2 Å². The van der Waals surface area contributed by atoms with Crippen LogP contribution in [0.3, 0.4) is 0 Å². The number of hydrogen-bond donors (Lipinski definition) is 0. The van der Waals surface area contributed by atoms with Crippen LogP contribution < -0.4 is 0 Å². The zero-order valence-electron chi connectivity index (χ0n) is 13.1. The largest absolute Gasteiger partial charge is 0.274 e.